The van der Waals surface area contributed by atoms with Crippen molar-refractivity contribution < 1.29 is 19.1 Å². The minimum atomic E-state index is -0.510. The lowest BCUT2D eigenvalue weighted by molar-refractivity contribution is -0.141. The fourth-order valence-corrected chi connectivity index (χ4v) is 3.52. The van der Waals surface area contributed by atoms with E-state index in [9.17, 15) is 14.4 Å². The van der Waals surface area contributed by atoms with Gasteiger partial charge in [0, 0.05) is 16.8 Å². The van der Waals surface area contributed by atoms with Gasteiger partial charge in [-0.25, -0.2) is 4.68 Å². The summed E-state index contributed by atoms with van der Waals surface area (Å²) < 4.78 is 6.29. The molecule has 2 amide bonds. The van der Waals surface area contributed by atoms with Crippen molar-refractivity contribution in [2.75, 3.05) is 19.0 Å². The van der Waals surface area contributed by atoms with Crippen LogP contribution in [-0.4, -0.2) is 41.2 Å². The van der Waals surface area contributed by atoms with Crippen LogP contribution in [0, 0.1) is 0 Å². The number of hydrogen-bond donors (Lipinski definition) is 2. The van der Waals surface area contributed by atoms with Crippen molar-refractivity contribution in [2.45, 2.75) is 6.42 Å². The Morgan fingerprint density at radius 3 is 2.43 bits per heavy atom. The summed E-state index contributed by atoms with van der Waals surface area (Å²) in [7, 11) is 1.26. The quantitative estimate of drug-likeness (QED) is 0.385. The molecule has 0 fully saturated rings. The fourth-order valence-electron chi connectivity index (χ4n) is 3.52. The number of nitrogens with one attached hydrogen (secondary N) is 2. The Morgan fingerprint density at radius 1 is 0.914 bits per heavy atom. The number of amides is 2. The molecule has 8 heteroatoms. The van der Waals surface area contributed by atoms with Crippen LogP contribution >= 0.6 is 0 Å². The van der Waals surface area contributed by atoms with Crippen molar-refractivity contribution in [3.8, 4) is 16.9 Å². The first-order valence-electron chi connectivity index (χ1n) is 11.0. The highest BCUT2D eigenvalue weighted by molar-refractivity contribution is 6.04. The molecule has 8 nitrogen and oxygen atoms in total. The molecule has 4 aromatic rings. The molecule has 176 valence electrons. The van der Waals surface area contributed by atoms with Crippen molar-refractivity contribution >= 4 is 23.5 Å². The Labute approximate surface area is 202 Å². The Morgan fingerprint density at radius 2 is 1.69 bits per heavy atom. The maximum absolute atomic E-state index is 12.9. The number of esters is 1. The minimum Gasteiger partial charge on any atom is -0.468 e. The molecular weight excluding hydrogens is 444 g/mol. The predicted molar refractivity (Wildman–Crippen MR) is 132 cm³/mol. The molecule has 0 unspecified atom stereocenters. The van der Waals surface area contributed by atoms with Gasteiger partial charge in [0.05, 0.1) is 31.1 Å². The lowest BCUT2D eigenvalue weighted by Crippen LogP contribution is -2.31. The standard InChI is InChI=1S/C27H24N4O4/c1-35-26(33)18-28-25(32)16-19-10-12-22(13-11-19)30-27(34)21-8-5-9-23(17-21)31-24(14-15-29-31)20-6-3-2-4-7-20/h2-15,17H,16,18H2,1H3,(H,28,32)(H,30,34). The van der Waals surface area contributed by atoms with Crippen LogP contribution in [-0.2, 0) is 20.7 Å². The van der Waals surface area contributed by atoms with Crippen molar-refractivity contribution in [1.82, 2.24) is 15.1 Å². The molecule has 1 heterocycles. The van der Waals surface area contributed by atoms with Gasteiger partial charge in [-0.15, -0.1) is 0 Å². The van der Waals surface area contributed by atoms with Gasteiger partial charge in [0.25, 0.3) is 5.91 Å². The van der Waals surface area contributed by atoms with Crippen LogP contribution in [0.15, 0.2) is 91.1 Å². The van der Waals surface area contributed by atoms with Gasteiger partial charge >= 0.3 is 5.97 Å². The first kappa shape index (κ1) is 23.4. The second kappa shape index (κ2) is 10.9. The van der Waals surface area contributed by atoms with E-state index >= 15 is 0 Å². The largest absolute Gasteiger partial charge is 0.468 e. The average Bonchev–Trinajstić information content (AvgIpc) is 3.39. The van der Waals surface area contributed by atoms with Gasteiger partial charge in [-0.1, -0.05) is 48.5 Å². The summed E-state index contributed by atoms with van der Waals surface area (Å²) in [5, 5.41) is 9.80. The maximum Gasteiger partial charge on any atom is 0.325 e. The molecule has 35 heavy (non-hydrogen) atoms. The van der Waals surface area contributed by atoms with E-state index in [2.05, 4.69) is 20.5 Å². The lowest BCUT2D eigenvalue weighted by atomic mass is 10.1. The van der Waals surface area contributed by atoms with Crippen LogP contribution in [0.3, 0.4) is 0 Å². The SMILES string of the molecule is COC(=O)CNC(=O)Cc1ccc(NC(=O)c2cccc(-n3nccc3-c3ccccc3)c2)cc1. The molecule has 0 atom stereocenters. The van der Waals surface area contributed by atoms with E-state index in [1.54, 1.807) is 47.3 Å². The van der Waals surface area contributed by atoms with Gasteiger partial charge in [-0.05, 0) is 42.0 Å². The second-order valence-electron chi connectivity index (χ2n) is 7.73. The Balaban J connectivity index is 1.42. The molecule has 0 saturated carbocycles. The minimum absolute atomic E-state index is 0.112. The summed E-state index contributed by atoms with van der Waals surface area (Å²) in [5.74, 6) is -1.06. The fraction of sp³-hybridized carbons (Fsp3) is 0.111. The van der Waals surface area contributed by atoms with Crippen LogP contribution in [0.25, 0.3) is 16.9 Å². The Bertz CT molecular complexity index is 1330. The smallest absolute Gasteiger partial charge is 0.325 e. The summed E-state index contributed by atoms with van der Waals surface area (Å²) >= 11 is 0. The molecular formula is C27H24N4O4. The average molecular weight is 469 g/mol. The first-order valence-corrected chi connectivity index (χ1v) is 11.0. The summed E-state index contributed by atoms with van der Waals surface area (Å²) in [6, 6.07) is 26.0. The maximum atomic E-state index is 12.9. The summed E-state index contributed by atoms with van der Waals surface area (Å²) in [5.41, 5.74) is 4.56. The highest BCUT2D eigenvalue weighted by Gasteiger charge is 2.12. The van der Waals surface area contributed by atoms with Gasteiger partial charge in [-0.3, -0.25) is 14.4 Å². The Kier molecular flexibility index (Phi) is 7.32. The number of carbonyl (C=O) groups excluding carboxylic acids is 3. The third-order valence-electron chi connectivity index (χ3n) is 5.30. The predicted octanol–water partition coefficient (Wildman–Crippen LogP) is 3.62. The van der Waals surface area contributed by atoms with E-state index in [1.165, 1.54) is 7.11 Å². The molecule has 0 saturated heterocycles. The van der Waals surface area contributed by atoms with E-state index in [0.29, 0.717) is 11.3 Å². The van der Waals surface area contributed by atoms with Crippen LogP contribution in [0.5, 0.6) is 0 Å². The summed E-state index contributed by atoms with van der Waals surface area (Å²) in [4.78, 5) is 35.9. The molecule has 0 aliphatic carbocycles. The Hall–Kier alpha value is -4.72. The van der Waals surface area contributed by atoms with Crippen molar-refractivity contribution in [3.05, 3.63) is 102 Å². The molecule has 0 spiro atoms. The number of benzene rings is 3. The van der Waals surface area contributed by atoms with Gasteiger partial charge in [0.15, 0.2) is 0 Å². The number of ether oxygens (including phenoxy) is 1. The number of aromatic nitrogens is 2. The van der Waals surface area contributed by atoms with Crippen molar-refractivity contribution in [3.63, 3.8) is 0 Å². The molecule has 4 rings (SSSR count). The van der Waals surface area contributed by atoms with E-state index in [0.717, 1.165) is 22.5 Å². The number of anilines is 1. The summed E-state index contributed by atoms with van der Waals surface area (Å²) in [6.07, 6.45) is 1.84. The molecule has 0 aliphatic rings. The zero-order valence-corrected chi connectivity index (χ0v) is 19.1. The third-order valence-corrected chi connectivity index (χ3v) is 5.30. The van der Waals surface area contributed by atoms with Crippen LogP contribution < -0.4 is 10.6 Å². The van der Waals surface area contributed by atoms with Crippen LogP contribution in [0.4, 0.5) is 5.69 Å². The highest BCUT2D eigenvalue weighted by Crippen LogP contribution is 2.23. The van der Waals surface area contributed by atoms with Crippen molar-refractivity contribution in [1.29, 1.82) is 0 Å². The van der Waals surface area contributed by atoms with Crippen LogP contribution in [0.2, 0.25) is 0 Å². The van der Waals surface area contributed by atoms with E-state index < -0.39 is 5.97 Å². The molecule has 0 radical (unpaired) electrons. The molecule has 0 bridgehead atoms. The number of hydrogen-bond acceptors (Lipinski definition) is 5. The zero-order chi connectivity index (χ0) is 24.6. The number of nitrogens with zero attached hydrogens (tertiary/aromatic N) is 2. The van der Waals surface area contributed by atoms with E-state index in [1.807, 2.05) is 48.5 Å². The van der Waals surface area contributed by atoms with Gasteiger partial charge in [-0.2, -0.15) is 5.10 Å². The van der Waals surface area contributed by atoms with E-state index in [-0.39, 0.29) is 24.8 Å². The van der Waals surface area contributed by atoms with Gasteiger partial charge < -0.3 is 15.4 Å². The topological polar surface area (TPSA) is 102 Å². The summed E-state index contributed by atoms with van der Waals surface area (Å²) in [6.45, 7) is -0.173. The van der Waals surface area contributed by atoms with Crippen molar-refractivity contribution in [2.24, 2.45) is 0 Å². The molecule has 2 N–H and O–H groups in total. The molecule has 1 aromatic heterocycles. The number of rotatable bonds is 8. The van der Waals surface area contributed by atoms with Gasteiger partial charge in [0.2, 0.25) is 5.91 Å². The lowest BCUT2D eigenvalue weighted by Gasteiger charge is -2.10. The van der Waals surface area contributed by atoms with E-state index in [4.69, 9.17) is 0 Å². The second-order valence-corrected chi connectivity index (χ2v) is 7.73. The highest BCUT2D eigenvalue weighted by atomic mass is 16.5. The number of carbonyl (C=O) groups is 3. The zero-order valence-electron chi connectivity index (χ0n) is 19.1. The first-order chi connectivity index (χ1) is 17.0. The molecule has 0 aliphatic heterocycles. The molecule has 3 aromatic carbocycles. The normalized spacial score (nSPS) is 10.4. The van der Waals surface area contributed by atoms with Crippen LogP contribution in [0.1, 0.15) is 15.9 Å². The third kappa shape index (κ3) is 6.00. The number of methoxy groups -OCH3 is 1. The van der Waals surface area contributed by atoms with Gasteiger partial charge in [0.1, 0.15) is 6.54 Å². The monoisotopic (exact) mass is 468 g/mol.